The number of hydrogen-bond donors (Lipinski definition) is 0. The molecule has 8 heteroatoms. The van der Waals surface area contributed by atoms with Crippen molar-refractivity contribution in [2.45, 2.75) is 37.9 Å². The molecule has 0 spiro atoms. The molecule has 2 aromatic rings. The van der Waals surface area contributed by atoms with Crippen molar-refractivity contribution in [3.05, 3.63) is 42.5 Å². The largest absolute Gasteiger partial charge is 0.447 e. The van der Waals surface area contributed by atoms with E-state index in [0.717, 1.165) is 16.3 Å². The van der Waals surface area contributed by atoms with Crippen molar-refractivity contribution < 1.29 is 14.3 Å². The van der Waals surface area contributed by atoms with Crippen LogP contribution in [0.25, 0.3) is 11.4 Å². The summed E-state index contributed by atoms with van der Waals surface area (Å²) in [6.45, 7) is 11.4. The number of ether oxygens (including phenoxy) is 1. The summed E-state index contributed by atoms with van der Waals surface area (Å²) in [6, 6.07) is 8.25. The SMILES string of the molecule is C=CCn1c(SCC(=O)N2CCOC2=O)nnc1-c1ccc(C(C)(C)C)cc1. The molecule has 0 N–H and O–H groups in total. The molecule has 1 saturated heterocycles. The average Bonchev–Trinajstić information content (AvgIpc) is 3.26. The zero-order valence-electron chi connectivity index (χ0n) is 16.3. The van der Waals surface area contributed by atoms with Gasteiger partial charge < -0.3 is 4.74 Å². The number of aromatic nitrogens is 3. The monoisotopic (exact) mass is 400 g/mol. The van der Waals surface area contributed by atoms with E-state index in [9.17, 15) is 9.59 Å². The minimum Gasteiger partial charge on any atom is -0.447 e. The zero-order valence-corrected chi connectivity index (χ0v) is 17.2. The lowest BCUT2D eigenvalue weighted by molar-refractivity contribution is -0.125. The van der Waals surface area contributed by atoms with Gasteiger partial charge in [-0.3, -0.25) is 9.36 Å². The van der Waals surface area contributed by atoms with Crippen molar-refractivity contribution in [1.82, 2.24) is 19.7 Å². The van der Waals surface area contributed by atoms with Gasteiger partial charge in [-0.05, 0) is 11.0 Å². The van der Waals surface area contributed by atoms with Gasteiger partial charge in [-0.15, -0.1) is 16.8 Å². The second-order valence-electron chi connectivity index (χ2n) is 7.48. The molecule has 7 nitrogen and oxygen atoms in total. The van der Waals surface area contributed by atoms with E-state index in [1.807, 2.05) is 16.7 Å². The molecular formula is C20H24N4O3S. The molecule has 3 rings (SSSR count). The molecule has 148 valence electrons. The van der Waals surface area contributed by atoms with Crippen molar-refractivity contribution in [2.75, 3.05) is 18.9 Å². The first-order valence-corrected chi connectivity index (χ1v) is 10.0. The Bertz CT molecular complexity index is 884. The third-order valence-electron chi connectivity index (χ3n) is 4.42. The molecule has 2 amide bonds. The maximum absolute atomic E-state index is 12.2. The van der Waals surface area contributed by atoms with Crippen LogP contribution in [0.5, 0.6) is 0 Å². The Kier molecular flexibility index (Phi) is 5.88. The highest BCUT2D eigenvalue weighted by Crippen LogP contribution is 2.28. The zero-order chi connectivity index (χ0) is 20.3. The third-order valence-corrected chi connectivity index (χ3v) is 5.38. The fourth-order valence-electron chi connectivity index (χ4n) is 2.85. The van der Waals surface area contributed by atoms with Gasteiger partial charge in [0.15, 0.2) is 11.0 Å². The van der Waals surface area contributed by atoms with E-state index in [2.05, 4.69) is 49.7 Å². The molecule has 2 heterocycles. The summed E-state index contributed by atoms with van der Waals surface area (Å²) in [6.07, 6.45) is 1.18. The van der Waals surface area contributed by atoms with Crippen LogP contribution in [-0.2, 0) is 21.5 Å². The van der Waals surface area contributed by atoms with E-state index in [0.29, 0.717) is 18.2 Å². The van der Waals surface area contributed by atoms with E-state index >= 15 is 0 Å². The van der Waals surface area contributed by atoms with E-state index < -0.39 is 6.09 Å². The van der Waals surface area contributed by atoms with E-state index in [-0.39, 0.29) is 23.7 Å². The minimum absolute atomic E-state index is 0.0748. The third kappa shape index (κ3) is 4.27. The van der Waals surface area contributed by atoms with Gasteiger partial charge >= 0.3 is 6.09 Å². The number of nitrogens with zero attached hydrogens (tertiary/aromatic N) is 4. The number of benzene rings is 1. The highest BCUT2D eigenvalue weighted by molar-refractivity contribution is 7.99. The molecule has 1 aromatic carbocycles. The van der Waals surface area contributed by atoms with Gasteiger partial charge in [0.1, 0.15) is 6.61 Å². The first-order chi connectivity index (χ1) is 13.3. The topological polar surface area (TPSA) is 77.3 Å². The van der Waals surface area contributed by atoms with E-state index in [1.165, 1.54) is 17.3 Å². The second-order valence-corrected chi connectivity index (χ2v) is 8.42. The summed E-state index contributed by atoms with van der Waals surface area (Å²) in [5, 5.41) is 9.16. The van der Waals surface area contributed by atoms with E-state index in [1.54, 1.807) is 6.08 Å². The molecule has 1 fully saturated rings. The number of thioether (sulfide) groups is 1. The Hall–Kier alpha value is -2.61. The van der Waals surface area contributed by atoms with Crippen molar-refractivity contribution in [2.24, 2.45) is 0 Å². The molecular weight excluding hydrogens is 376 g/mol. The lowest BCUT2D eigenvalue weighted by Crippen LogP contribution is -2.33. The quantitative estimate of drug-likeness (QED) is 0.546. The number of imide groups is 1. The van der Waals surface area contributed by atoms with Gasteiger partial charge in [-0.1, -0.05) is 62.9 Å². The van der Waals surface area contributed by atoms with Gasteiger partial charge in [0.2, 0.25) is 5.91 Å². The van der Waals surface area contributed by atoms with Gasteiger partial charge in [0.25, 0.3) is 0 Å². The molecule has 0 atom stereocenters. The molecule has 0 saturated carbocycles. The number of allylic oxidation sites excluding steroid dienone is 1. The smallest absolute Gasteiger partial charge is 0.416 e. The number of rotatable bonds is 6. The van der Waals surface area contributed by atoms with Crippen molar-refractivity contribution in [3.8, 4) is 11.4 Å². The summed E-state index contributed by atoms with van der Waals surface area (Å²) in [5.74, 6) is 0.514. The Morgan fingerprint density at radius 2 is 2.00 bits per heavy atom. The predicted molar refractivity (Wildman–Crippen MR) is 108 cm³/mol. The molecule has 28 heavy (non-hydrogen) atoms. The molecule has 0 radical (unpaired) electrons. The standard InChI is InChI=1S/C20H24N4O3S/c1-5-10-24-17(14-6-8-15(9-7-14)20(2,3)4)21-22-18(24)28-13-16(25)23-11-12-27-19(23)26/h5-9H,1,10-13H2,2-4H3. The molecule has 0 aliphatic carbocycles. The van der Waals surface area contributed by atoms with Crippen molar-refractivity contribution in [1.29, 1.82) is 0 Å². The molecule has 1 aliphatic rings. The highest BCUT2D eigenvalue weighted by Gasteiger charge is 2.28. The summed E-state index contributed by atoms with van der Waals surface area (Å²) < 4.78 is 6.72. The predicted octanol–water partition coefficient (Wildman–Crippen LogP) is 3.50. The number of amides is 2. The lowest BCUT2D eigenvalue weighted by Gasteiger charge is -2.19. The Morgan fingerprint density at radius 3 is 2.57 bits per heavy atom. The first kappa shape index (κ1) is 20.1. The Balaban J connectivity index is 1.78. The Labute approximate surface area is 168 Å². The fraction of sp³-hybridized carbons (Fsp3) is 0.400. The molecule has 1 aromatic heterocycles. The van der Waals surface area contributed by atoms with Crippen LogP contribution in [0.1, 0.15) is 26.3 Å². The van der Waals surface area contributed by atoms with Crippen LogP contribution in [0, 0.1) is 0 Å². The molecule has 1 aliphatic heterocycles. The normalized spacial score (nSPS) is 14.2. The van der Waals surface area contributed by atoms with Crippen molar-refractivity contribution in [3.63, 3.8) is 0 Å². The van der Waals surface area contributed by atoms with Crippen LogP contribution in [0.3, 0.4) is 0 Å². The number of carbonyl (C=O) groups excluding carboxylic acids is 2. The lowest BCUT2D eigenvalue weighted by atomic mass is 9.87. The van der Waals surface area contributed by atoms with Crippen LogP contribution in [0.15, 0.2) is 42.1 Å². The van der Waals surface area contributed by atoms with E-state index in [4.69, 9.17) is 4.74 Å². The summed E-state index contributed by atoms with van der Waals surface area (Å²) in [4.78, 5) is 24.9. The van der Waals surface area contributed by atoms with Gasteiger partial charge in [-0.2, -0.15) is 0 Å². The maximum Gasteiger partial charge on any atom is 0.416 e. The van der Waals surface area contributed by atoms with Crippen LogP contribution in [0.2, 0.25) is 0 Å². The van der Waals surface area contributed by atoms with Gasteiger partial charge in [-0.25, -0.2) is 9.69 Å². The number of cyclic esters (lactones) is 1. The van der Waals surface area contributed by atoms with Crippen LogP contribution < -0.4 is 0 Å². The molecule has 0 unspecified atom stereocenters. The fourth-order valence-corrected chi connectivity index (χ4v) is 3.67. The van der Waals surface area contributed by atoms with Gasteiger partial charge in [0.05, 0.1) is 12.3 Å². The summed E-state index contributed by atoms with van der Waals surface area (Å²) in [7, 11) is 0. The first-order valence-electron chi connectivity index (χ1n) is 9.06. The maximum atomic E-state index is 12.2. The van der Waals surface area contributed by atoms with Crippen LogP contribution >= 0.6 is 11.8 Å². The molecule has 0 bridgehead atoms. The second kappa shape index (κ2) is 8.18. The van der Waals surface area contributed by atoms with Crippen LogP contribution in [0.4, 0.5) is 4.79 Å². The average molecular weight is 401 g/mol. The Morgan fingerprint density at radius 1 is 1.29 bits per heavy atom. The number of carbonyl (C=O) groups is 2. The minimum atomic E-state index is -0.585. The van der Waals surface area contributed by atoms with Crippen molar-refractivity contribution >= 4 is 23.8 Å². The van der Waals surface area contributed by atoms with Crippen LogP contribution in [-0.4, -0.2) is 50.6 Å². The highest BCUT2D eigenvalue weighted by atomic mass is 32.2. The summed E-state index contributed by atoms with van der Waals surface area (Å²) in [5.41, 5.74) is 2.26. The van der Waals surface area contributed by atoms with Gasteiger partial charge in [0, 0.05) is 12.1 Å². The summed E-state index contributed by atoms with van der Waals surface area (Å²) >= 11 is 1.25. The number of hydrogen-bond acceptors (Lipinski definition) is 6.